The molecular formula is C31H27ClN4O3. The maximum atomic E-state index is 15.0. The van der Waals surface area contributed by atoms with E-state index in [2.05, 4.69) is 12.1 Å². The predicted octanol–water partition coefficient (Wildman–Crippen LogP) is 6.56. The van der Waals surface area contributed by atoms with Crippen molar-refractivity contribution in [2.45, 2.75) is 56.5 Å². The first kappa shape index (κ1) is 24.4. The van der Waals surface area contributed by atoms with Crippen LogP contribution in [0.5, 0.6) is 0 Å². The van der Waals surface area contributed by atoms with Gasteiger partial charge in [-0.15, -0.1) is 0 Å². The third-order valence-electron chi connectivity index (χ3n) is 10.3. The molecule has 4 saturated carbocycles. The summed E-state index contributed by atoms with van der Waals surface area (Å²) in [5, 5.41) is 33.4. The maximum absolute atomic E-state index is 15.0. The summed E-state index contributed by atoms with van der Waals surface area (Å²) in [7, 11) is 0. The first-order valence-electron chi connectivity index (χ1n) is 13.7. The van der Waals surface area contributed by atoms with E-state index in [1.807, 2.05) is 41.4 Å². The number of carbonyl (C=O) groups excluding carboxylic acids is 1. The van der Waals surface area contributed by atoms with Crippen LogP contribution in [0.4, 0.5) is 5.69 Å². The molecule has 7 nitrogen and oxygen atoms in total. The molecule has 2 heterocycles. The Kier molecular flexibility index (Phi) is 5.25. The van der Waals surface area contributed by atoms with Crippen LogP contribution in [0.25, 0.3) is 6.08 Å². The van der Waals surface area contributed by atoms with Crippen LogP contribution in [0.2, 0.25) is 5.02 Å². The lowest BCUT2D eigenvalue weighted by Crippen LogP contribution is -2.55. The van der Waals surface area contributed by atoms with Crippen molar-refractivity contribution in [1.82, 2.24) is 4.90 Å². The summed E-state index contributed by atoms with van der Waals surface area (Å²) in [6, 6.07) is 15.3. The summed E-state index contributed by atoms with van der Waals surface area (Å²) < 4.78 is 0. The van der Waals surface area contributed by atoms with Crippen molar-refractivity contribution < 1.29 is 9.72 Å². The highest BCUT2D eigenvalue weighted by molar-refractivity contribution is 6.32. The quantitative estimate of drug-likeness (QED) is 0.322. The Bertz CT molecular complexity index is 1490. The summed E-state index contributed by atoms with van der Waals surface area (Å²) in [5.74, 6) is 0.834. The zero-order chi connectivity index (χ0) is 27.1. The van der Waals surface area contributed by atoms with Crippen molar-refractivity contribution in [1.29, 1.82) is 10.5 Å². The number of nitriles is 2. The Morgan fingerprint density at radius 2 is 1.67 bits per heavy atom. The van der Waals surface area contributed by atoms with Crippen molar-refractivity contribution in [2.75, 3.05) is 0 Å². The van der Waals surface area contributed by atoms with Crippen LogP contribution in [-0.2, 0) is 4.79 Å². The average Bonchev–Trinajstić information content (AvgIpc) is 3.23. The SMILES string of the molecule is N#CC1(C#N)[C@H](c2ccc(Cl)c([N+](=O)[O-])c2)[C@@H](C(=O)C23CC4CC(CC(C4)C2)C3)N2C=Cc3ccccc3[C@@H]21. The summed E-state index contributed by atoms with van der Waals surface area (Å²) >= 11 is 6.18. The number of Topliss-reactive ketones (excluding diaryl/α,β-unsaturated/α-hetero) is 1. The van der Waals surface area contributed by atoms with Gasteiger partial charge in [0.2, 0.25) is 0 Å². The topological polar surface area (TPSA) is 111 Å². The van der Waals surface area contributed by atoms with E-state index in [0.29, 0.717) is 23.3 Å². The van der Waals surface area contributed by atoms with Gasteiger partial charge in [-0.2, -0.15) is 10.5 Å². The lowest BCUT2D eigenvalue weighted by molar-refractivity contribution is -0.384. The van der Waals surface area contributed by atoms with Gasteiger partial charge in [0.1, 0.15) is 5.02 Å². The Balaban J connectivity index is 1.45. The molecule has 8 rings (SSSR count). The van der Waals surface area contributed by atoms with Crippen molar-refractivity contribution >= 4 is 29.1 Å². The van der Waals surface area contributed by atoms with E-state index in [-0.39, 0.29) is 16.5 Å². The van der Waals surface area contributed by atoms with Crippen LogP contribution in [-0.4, -0.2) is 21.6 Å². The zero-order valence-corrected chi connectivity index (χ0v) is 22.1. The third-order valence-corrected chi connectivity index (χ3v) is 10.6. The summed E-state index contributed by atoms with van der Waals surface area (Å²) in [6.45, 7) is 0. The molecule has 1 saturated heterocycles. The highest BCUT2D eigenvalue weighted by Gasteiger charge is 2.67. The largest absolute Gasteiger partial charge is 0.357 e. The minimum atomic E-state index is -1.65. The van der Waals surface area contributed by atoms with Crippen LogP contribution in [0.3, 0.4) is 0 Å². The molecule has 3 atom stereocenters. The first-order chi connectivity index (χ1) is 18.8. The van der Waals surface area contributed by atoms with Gasteiger partial charge < -0.3 is 4.90 Å². The van der Waals surface area contributed by atoms with Gasteiger partial charge >= 0.3 is 0 Å². The van der Waals surface area contributed by atoms with Gasteiger partial charge in [-0.05, 0) is 85.1 Å². The van der Waals surface area contributed by atoms with Gasteiger partial charge in [-0.1, -0.05) is 41.9 Å². The van der Waals surface area contributed by atoms with Crippen LogP contribution in [0, 0.1) is 61.4 Å². The highest BCUT2D eigenvalue weighted by Crippen LogP contribution is 2.65. The average molecular weight is 539 g/mol. The number of carbonyl (C=O) groups is 1. The molecule has 0 N–H and O–H groups in total. The fourth-order valence-electron chi connectivity index (χ4n) is 9.26. The summed E-state index contributed by atoms with van der Waals surface area (Å²) in [6.07, 6.45) is 9.92. The monoisotopic (exact) mass is 538 g/mol. The van der Waals surface area contributed by atoms with Crippen molar-refractivity contribution in [3.63, 3.8) is 0 Å². The van der Waals surface area contributed by atoms with Crippen LogP contribution < -0.4 is 0 Å². The van der Waals surface area contributed by atoms with E-state index < -0.39 is 33.8 Å². The molecule has 0 unspecified atom stereocenters. The molecule has 2 aromatic carbocycles. The number of benzene rings is 2. The molecule has 0 radical (unpaired) electrons. The molecule has 4 aliphatic carbocycles. The van der Waals surface area contributed by atoms with Gasteiger partial charge in [0, 0.05) is 23.6 Å². The summed E-state index contributed by atoms with van der Waals surface area (Å²) in [5.41, 5.74) is -0.273. The number of halogens is 1. The second kappa shape index (κ2) is 8.41. The molecule has 196 valence electrons. The second-order valence-electron chi connectivity index (χ2n) is 12.3. The number of nitrogens with zero attached hydrogens (tertiary/aromatic N) is 4. The fraction of sp³-hybridized carbons (Fsp3) is 0.452. The zero-order valence-electron chi connectivity index (χ0n) is 21.3. The number of rotatable bonds is 4. The standard InChI is InChI=1S/C31H27ClN4O3/c32-24-6-5-22(12-25(24)36(38)39)26-27(29(37)30-13-18-9-19(14-30)11-20(10-18)15-30)35-8-7-21-3-1-2-4-23(21)28(35)31(26,16-33)17-34/h1-8,12,18-20,26-28H,9-11,13-15H2/t18?,19?,20?,26-,27+,28-,30?/m1/s1. The fourth-order valence-corrected chi connectivity index (χ4v) is 9.44. The number of nitro groups is 1. The predicted molar refractivity (Wildman–Crippen MR) is 144 cm³/mol. The molecule has 6 aliphatic rings. The van der Waals surface area contributed by atoms with E-state index in [0.717, 1.165) is 30.4 Å². The smallest absolute Gasteiger partial charge is 0.288 e. The Morgan fingerprint density at radius 3 is 2.28 bits per heavy atom. The van der Waals surface area contributed by atoms with E-state index >= 15 is 4.79 Å². The molecule has 5 fully saturated rings. The van der Waals surface area contributed by atoms with E-state index in [1.54, 1.807) is 6.07 Å². The molecule has 4 bridgehead atoms. The van der Waals surface area contributed by atoms with Crippen molar-refractivity contribution in [2.24, 2.45) is 28.6 Å². The first-order valence-corrected chi connectivity index (χ1v) is 14.0. The molecule has 0 aromatic heterocycles. The molecule has 0 spiro atoms. The number of fused-ring (bicyclic) bond motifs is 3. The minimum Gasteiger partial charge on any atom is -0.357 e. The lowest BCUT2D eigenvalue weighted by atomic mass is 9.47. The Morgan fingerprint density at radius 1 is 1.03 bits per heavy atom. The number of hydrogen-bond acceptors (Lipinski definition) is 6. The molecule has 39 heavy (non-hydrogen) atoms. The third kappa shape index (κ3) is 3.29. The van der Waals surface area contributed by atoms with Crippen LogP contribution in [0.1, 0.15) is 67.2 Å². The normalized spacial score (nSPS) is 34.6. The van der Waals surface area contributed by atoms with Gasteiger partial charge in [0.05, 0.1) is 29.1 Å². The number of hydrogen-bond donors (Lipinski definition) is 0. The lowest BCUT2D eigenvalue weighted by Gasteiger charge is -2.57. The Labute approximate surface area is 231 Å². The van der Waals surface area contributed by atoms with Gasteiger partial charge in [0.25, 0.3) is 5.69 Å². The van der Waals surface area contributed by atoms with Crippen molar-refractivity contribution in [3.05, 3.63) is 80.5 Å². The minimum absolute atomic E-state index is 0.0202. The van der Waals surface area contributed by atoms with Gasteiger partial charge in [-0.3, -0.25) is 14.9 Å². The molecule has 2 aromatic rings. The van der Waals surface area contributed by atoms with Gasteiger partial charge in [-0.25, -0.2) is 0 Å². The Hall–Kier alpha value is -3.68. The second-order valence-corrected chi connectivity index (χ2v) is 12.7. The summed E-state index contributed by atoms with van der Waals surface area (Å²) in [4.78, 5) is 28.2. The highest BCUT2D eigenvalue weighted by atomic mass is 35.5. The molecule has 8 heteroatoms. The number of nitro benzene ring substituents is 1. The van der Waals surface area contributed by atoms with Crippen LogP contribution >= 0.6 is 11.6 Å². The molecule has 0 amide bonds. The van der Waals surface area contributed by atoms with E-state index in [4.69, 9.17) is 11.6 Å². The number of ketones is 1. The van der Waals surface area contributed by atoms with Gasteiger partial charge in [0.15, 0.2) is 11.2 Å². The molecular weight excluding hydrogens is 512 g/mol. The van der Waals surface area contributed by atoms with E-state index in [9.17, 15) is 20.6 Å². The van der Waals surface area contributed by atoms with Crippen molar-refractivity contribution in [3.8, 4) is 12.1 Å². The van der Waals surface area contributed by atoms with E-state index in [1.165, 1.54) is 31.4 Å². The molecule has 2 aliphatic heterocycles. The maximum Gasteiger partial charge on any atom is 0.288 e. The van der Waals surface area contributed by atoms with Crippen LogP contribution in [0.15, 0.2) is 48.7 Å².